The fourth-order valence-electron chi connectivity index (χ4n) is 2.33. The average Bonchev–Trinajstić information content (AvgIpc) is 2.61. The van der Waals surface area contributed by atoms with Gasteiger partial charge in [-0.05, 0) is 43.7 Å². The van der Waals surface area contributed by atoms with Crippen LogP contribution >= 0.6 is 0 Å². The molecule has 0 aliphatic carbocycles. The van der Waals surface area contributed by atoms with Gasteiger partial charge in [-0.3, -0.25) is 4.79 Å². The van der Waals surface area contributed by atoms with Gasteiger partial charge in [-0.2, -0.15) is 14.0 Å². The molecule has 0 bridgehead atoms. The molecule has 0 atom stereocenters. The molecule has 0 unspecified atom stereocenters. The molecule has 0 radical (unpaired) electrons. The number of nitrogens with zero attached hydrogens (tertiary/aromatic N) is 1. The number of ether oxygens (including phenoxy) is 2. The molecule has 0 heterocycles. The van der Waals surface area contributed by atoms with Crippen LogP contribution in [0.1, 0.15) is 28.4 Å². The molecular weight excluding hydrogens is 340 g/mol. The van der Waals surface area contributed by atoms with E-state index in [2.05, 4.69) is 4.74 Å². The number of Topliss-reactive ketones (excluding diaryl/α,β-unsaturated/α-hetero) is 1. The zero-order valence-corrected chi connectivity index (χ0v) is 14.3. The van der Waals surface area contributed by atoms with Gasteiger partial charge >= 0.3 is 6.61 Å². The highest BCUT2D eigenvalue weighted by Crippen LogP contribution is 2.30. The molecule has 0 spiro atoms. The lowest BCUT2D eigenvalue weighted by Crippen LogP contribution is -2.05. The Morgan fingerprint density at radius 2 is 2.00 bits per heavy atom. The van der Waals surface area contributed by atoms with Crippen LogP contribution in [-0.2, 0) is 0 Å². The molecule has 4 nitrogen and oxygen atoms in total. The van der Waals surface area contributed by atoms with E-state index in [1.165, 1.54) is 24.3 Å². The summed E-state index contributed by atoms with van der Waals surface area (Å²) in [5, 5.41) is 9.34. The first kappa shape index (κ1) is 19.1. The minimum Gasteiger partial charge on any atom is -0.490 e. The van der Waals surface area contributed by atoms with Crippen molar-refractivity contribution in [3.63, 3.8) is 0 Å². The van der Waals surface area contributed by atoms with E-state index in [0.717, 1.165) is 5.56 Å². The van der Waals surface area contributed by atoms with Crippen LogP contribution in [0.4, 0.5) is 8.78 Å². The van der Waals surface area contributed by atoms with E-state index in [-0.39, 0.29) is 23.7 Å². The lowest BCUT2D eigenvalue weighted by molar-refractivity contribution is -0.0514. The lowest BCUT2D eigenvalue weighted by Gasteiger charge is -2.11. The number of aryl methyl sites for hydroxylation is 1. The summed E-state index contributed by atoms with van der Waals surface area (Å²) in [6.07, 6.45) is 1.39. The highest BCUT2D eigenvalue weighted by atomic mass is 19.3. The Balaban J connectivity index is 2.37. The van der Waals surface area contributed by atoms with Crippen LogP contribution in [-0.4, -0.2) is 19.0 Å². The molecule has 0 saturated carbocycles. The molecule has 2 aromatic rings. The molecule has 0 aliphatic rings. The maximum atomic E-state index is 12.5. The van der Waals surface area contributed by atoms with Crippen LogP contribution in [0, 0.1) is 18.3 Å². The van der Waals surface area contributed by atoms with Crippen LogP contribution in [0.2, 0.25) is 0 Å². The second-order valence-electron chi connectivity index (χ2n) is 5.39. The van der Waals surface area contributed by atoms with Gasteiger partial charge in [0.25, 0.3) is 0 Å². The summed E-state index contributed by atoms with van der Waals surface area (Å²) < 4.78 is 34.6. The number of halogens is 2. The van der Waals surface area contributed by atoms with E-state index in [9.17, 15) is 18.8 Å². The van der Waals surface area contributed by atoms with E-state index >= 15 is 0 Å². The highest BCUT2D eigenvalue weighted by Gasteiger charge is 2.14. The molecule has 2 rings (SSSR count). The third kappa shape index (κ3) is 4.90. The Kier molecular flexibility index (Phi) is 6.45. The number of hydrogen-bond acceptors (Lipinski definition) is 4. The minimum absolute atomic E-state index is 0.0689. The van der Waals surface area contributed by atoms with Crippen LogP contribution in [0.3, 0.4) is 0 Å². The predicted molar refractivity (Wildman–Crippen MR) is 93.3 cm³/mol. The van der Waals surface area contributed by atoms with Crippen molar-refractivity contribution in [2.45, 2.75) is 20.5 Å². The zero-order chi connectivity index (χ0) is 19.1. The van der Waals surface area contributed by atoms with Crippen molar-refractivity contribution >= 4 is 11.9 Å². The SMILES string of the molecule is CCOc1cc(/C=C(\C#N)C(=O)c2cccc(C)c2)ccc1OC(F)F. The Morgan fingerprint density at radius 3 is 2.62 bits per heavy atom. The Labute approximate surface area is 150 Å². The maximum absolute atomic E-state index is 12.5. The summed E-state index contributed by atoms with van der Waals surface area (Å²) in [4.78, 5) is 12.5. The van der Waals surface area contributed by atoms with E-state index in [0.29, 0.717) is 11.1 Å². The molecule has 0 amide bonds. The van der Waals surface area contributed by atoms with Crippen LogP contribution in [0.15, 0.2) is 48.0 Å². The van der Waals surface area contributed by atoms with Gasteiger partial charge < -0.3 is 9.47 Å². The molecule has 0 N–H and O–H groups in total. The van der Waals surface area contributed by atoms with Gasteiger partial charge in [0.05, 0.1) is 6.61 Å². The summed E-state index contributed by atoms with van der Waals surface area (Å²) in [6.45, 7) is 0.826. The van der Waals surface area contributed by atoms with Crippen molar-refractivity contribution in [3.8, 4) is 17.6 Å². The summed E-state index contributed by atoms with van der Waals surface area (Å²) in [6, 6.07) is 13.0. The third-order valence-corrected chi connectivity index (χ3v) is 3.44. The van der Waals surface area contributed by atoms with Crippen molar-refractivity contribution in [1.82, 2.24) is 0 Å². The van der Waals surface area contributed by atoms with Gasteiger partial charge in [-0.25, -0.2) is 0 Å². The van der Waals surface area contributed by atoms with Gasteiger partial charge in [-0.15, -0.1) is 0 Å². The maximum Gasteiger partial charge on any atom is 0.387 e. The fourth-order valence-corrected chi connectivity index (χ4v) is 2.33. The Morgan fingerprint density at radius 1 is 1.23 bits per heavy atom. The summed E-state index contributed by atoms with van der Waals surface area (Å²) in [7, 11) is 0. The first-order valence-electron chi connectivity index (χ1n) is 7.89. The quantitative estimate of drug-likeness (QED) is 0.406. The summed E-state index contributed by atoms with van der Waals surface area (Å²) in [5.41, 5.74) is 1.70. The zero-order valence-electron chi connectivity index (χ0n) is 14.3. The van der Waals surface area contributed by atoms with E-state index in [4.69, 9.17) is 4.74 Å². The van der Waals surface area contributed by atoms with Crippen LogP contribution in [0.5, 0.6) is 11.5 Å². The highest BCUT2D eigenvalue weighted by molar-refractivity contribution is 6.14. The molecule has 0 saturated heterocycles. The van der Waals surface area contributed by atoms with Crippen molar-refractivity contribution in [1.29, 1.82) is 5.26 Å². The molecule has 2 aromatic carbocycles. The molecule has 26 heavy (non-hydrogen) atoms. The monoisotopic (exact) mass is 357 g/mol. The van der Waals surface area contributed by atoms with Gasteiger partial charge in [0, 0.05) is 5.56 Å². The van der Waals surface area contributed by atoms with Crippen LogP contribution in [0.25, 0.3) is 6.08 Å². The second kappa shape index (κ2) is 8.77. The second-order valence-corrected chi connectivity index (χ2v) is 5.39. The van der Waals surface area contributed by atoms with Gasteiger partial charge in [0.15, 0.2) is 11.5 Å². The number of benzene rings is 2. The molecule has 0 aromatic heterocycles. The third-order valence-electron chi connectivity index (χ3n) is 3.44. The normalized spacial score (nSPS) is 11.2. The van der Waals surface area contributed by atoms with Crippen molar-refractivity contribution in [2.24, 2.45) is 0 Å². The lowest BCUT2D eigenvalue weighted by atomic mass is 10.0. The predicted octanol–water partition coefficient (Wildman–Crippen LogP) is 4.79. The first-order valence-corrected chi connectivity index (χ1v) is 7.89. The number of allylic oxidation sites excluding steroid dienone is 1. The number of carbonyl (C=O) groups excluding carboxylic acids is 1. The average molecular weight is 357 g/mol. The first-order chi connectivity index (χ1) is 12.4. The Bertz CT molecular complexity index is 870. The fraction of sp³-hybridized carbons (Fsp3) is 0.200. The minimum atomic E-state index is -2.98. The number of carbonyl (C=O) groups is 1. The summed E-state index contributed by atoms with van der Waals surface area (Å²) in [5.74, 6) is -0.411. The van der Waals surface area contributed by atoms with Crippen molar-refractivity contribution < 1.29 is 23.0 Å². The van der Waals surface area contributed by atoms with E-state index in [1.807, 2.05) is 19.1 Å². The summed E-state index contributed by atoms with van der Waals surface area (Å²) >= 11 is 0. The van der Waals surface area contributed by atoms with Gasteiger partial charge in [0.1, 0.15) is 11.6 Å². The topological polar surface area (TPSA) is 59.3 Å². The van der Waals surface area contributed by atoms with Crippen molar-refractivity contribution in [3.05, 3.63) is 64.7 Å². The molecule has 0 aliphatic heterocycles. The van der Waals surface area contributed by atoms with Crippen LogP contribution < -0.4 is 9.47 Å². The molecular formula is C20H17F2NO3. The van der Waals surface area contributed by atoms with Gasteiger partial charge in [-0.1, -0.05) is 29.8 Å². The molecule has 134 valence electrons. The Hall–Kier alpha value is -3.20. The smallest absolute Gasteiger partial charge is 0.387 e. The number of rotatable bonds is 7. The standard InChI is InChI=1S/C20H17F2NO3/c1-3-25-18-11-14(7-8-17(18)26-20(21)22)10-16(12-23)19(24)15-6-4-5-13(2)9-15/h4-11,20H,3H2,1-2H3/b16-10+. The number of hydrogen-bond donors (Lipinski definition) is 0. The van der Waals surface area contributed by atoms with Gasteiger partial charge in [0.2, 0.25) is 5.78 Å². The molecule has 6 heteroatoms. The number of alkyl halides is 2. The largest absolute Gasteiger partial charge is 0.490 e. The number of nitriles is 1. The van der Waals surface area contributed by atoms with E-state index < -0.39 is 12.4 Å². The number of ketones is 1. The molecule has 0 fully saturated rings. The van der Waals surface area contributed by atoms with E-state index in [1.54, 1.807) is 25.1 Å². The van der Waals surface area contributed by atoms with Crippen molar-refractivity contribution in [2.75, 3.05) is 6.61 Å².